The second-order valence-corrected chi connectivity index (χ2v) is 4.01. The van der Waals surface area contributed by atoms with E-state index in [-0.39, 0.29) is 12.7 Å². The highest BCUT2D eigenvalue weighted by atomic mass is 16.6. The third-order valence-electron chi connectivity index (χ3n) is 2.25. The lowest BCUT2D eigenvalue weighted by Crippen LogP contribution is -2.14. The first-order valence-corrected chi connectivity index (χ1v) is 5.77. The van der Waals surface area contributed by atoms with Gasteiger partial charge in [-0.1, -0.05) is 0 Å². The number of nitrogen functional groups attached to an aromatic ring is 1. The van der Waals surface area contributed by atoms with Gasteiger partial charge in [-0.2, -0.15) is 0 Å². The lowest BCUT2D eigenvalue weighted by molar-refractivity contribution is 0.0177. The molecule has 0 radical (unpaired) electrons. The molecule has 0 amide bonds. The maximum Gasteiger partial charge on any atom is 0.340 e. The van der Waals surface area contributed by atoms with E-state index in [1.165, 1.54) is 7.11 Å². The number of anilines is 1. The number of carbonyl (C=O) groups excluding carboxylic acids is 1. The van der Waals surface area contributed by atoms with Gasteiger partial charge in [0.15, 0.2) is 0 Å². The van der Waals surface area contributed by atoms with Gasteiger partial charge in [-0.15, -0.1) is 0 Å². The molecule has 0 atom stereocenters. The zero-order chi connectivity index (χ0) is 13.5. The minimum Gasteiger partial charge on any atom is -0.497 e. The average Bonchev–Trinajstić information content (AvgIpc) is 2.34. The second-order valence-electron chi connectivity index (χ2n) is 4.01. The van der Waals surface area contributed by atoms with E-state index >= 15 is 0 Å². The lowest BCUT2D eigenvalue weighted by atomic mass is 10.2. The Kier molecular flexibility index (Phi) is 5.45. The molecule has 0 bridgehead atoms. The molecule has 0 aliphatic heterocycles. The van der Waals surface area contributed by atoms with Crippen molar-refractivity contribution in [3.05, 3.63) is 23.8 Å². The quantitative estimate of drug-likeness (QED) is 0.476. The van der Waals surface area contributed by atoms with Crippen LogP contribution >= 0.6 is 0 Å². The average molecular weight is 253 g/mol. The van der Waals surface area contributed by atoms with Gasteiger partial charge in [-0.25, -0.2) is 4.79 Å². The number of nitrogens with two attached hydrogens (primary N) is 1. The summed E-state index contributed by atoms with van der Waals surface area (Å²) in [6.45, 7) is 4.41. The molecule has 2 N–H and O–H groups in total. The highest BCUT2D eigenvalue weighted by Crippen LogP contribution is 2.20. The predicted octanol–water partition coefficient (Wildman–Crippen LogP) is 1.86. The Morgan fingerprint density at radius 3 is 2.67 bits per heavy atom. The van der Waals surface area contributed by atoms with E-state index in [4.69, 9.17) is 19.9 Å². The Labute approximate surface area is 107 Å². The molecular weight excluding hydrogens is 234 g/mol. The van der Waals surface area contributed by atoms with Crippen molar-refractivity contribution in [2.24, 2.45) is 0 Å². The van der Waals surface area contributed by atoms with E-state index in [2.05, 4.69) is 0 Å². The van der Waals surface area contributed by atoms with Crippen molar-refractivity contribution in [3.8, 4) is 5.75 Å². The Morgan fingerprint density at radius 1 is 1.33 bits per heavy atom. The molecule has 1 aromatic carbocycles. The zero-order valence-corrected chi connectivity index (χ0v) is 10.9. The van der Waals surface area contributed by atoms with Crippen LogP contribution in [0, 0.1) is 0 Å². The smallest absolute Gasteiger partial charge is 0.340 e. The molecule has 0 aliphatic carbocycles. The summed E-state index contributed by atoms with van der Waals surface area (Å²) in [6, 6.07) is 4.86. The number of carbonyl (C=O) groups is 1. The van der Waals surface area contributed by atoms with Gasteiger partial charge in [-0.3, -0.25) is 0 Å². The van der Waals surface area contributed by atoms with Crippen molar-refractivity contribution in [2.45, 2.75) is 20.0 Å². The fraction of sp³-hybridized carbons (Fsp3) is 0.462. The summed E-state index contributed by atoms with van der Waals surface area (Å²) >= 11 is 0. The van der Waals surface area contributed by atoms with Crippen LogP contribution in [0.4, 0.5) is 5.69 Å². The van der Waals surface area contributed by atoms with Gasteiger partial charge in [-0.05, 0) is 32.0 Å². The first kappa shape index (κ1) is 14.3. The molecule has 1 rings (SSSR count). The van der Waals surface area contributed by atoms with E-state index in [0.717, 1.165) is 0 Å². The Morgan fingerprint density at radius 2 is 2.06 bits per heavy atom. The molecule has 0 saturated carbocycles. The van der Waals surface area contributed by atoms with Crippen LogP contribution in [0.2, 0.25) is 0 Å². The number of esters is 1. The van der Waals surface area contributed by atoms with Crippen LogP contribution < -0.4 is 10.5 Å². The number of ether oxygens (including phenoxy) is 3. The van der Waals surface area contributed by atoms with Gasteiger partial charge in [0, 0.05) is 5.69 Å². The topological polar surface area (TPSA) is 70.8 Å². The monoisotopic (exact) mass is 253 g/mol. The largest absolute Gasteiger partial charge is 0.497 e. The summed E-state index contributed by atoms with van der Waals surface area (Å²) in [4.78, 5) is 11.8. The predicted molar refractivity (Wildman–Crippen MR) is 68.8 cm³/mol. The fourth-order valence-electron chi connectivity index (χ4n) is 1.34. The standard InChI is InChI=1S/C13H19NO4/c1-9(2)17-6-7-18-13(15)11-8-10(16-3)4-5-12(11)14/h4-5,8-9H,6-7,14H2,1-3H3. The Balaban J connectivity index is 2.55. The van der Waals surface area contributed by atoms with E-state index in [9.17, 15) is 4.79 Å². The fourth-order valence-corrected chi connectivity index (χ4v) is 1.34. The lowest BCUT2D eigenvalue weighted by Gasteiger charge is -2.10. The highest BCUT2D eigenvalue weighted by molar-refractivity contribution is 5.95. The third-order valence-corrected chi connectivity index (χ3v) is 2.25. The summed E-state index contributed by atoms with van der Waals surface area (Å²) in [7, 11) is 1.52. The van der Waals surface area contributed by atoms with E-state index in [1.807, 2.05) is 13.8 Å². The minimum absolute atomic E-state index is 0.116. The molecule has 0 saturated heterocycles. The van der Waals surface area contributed by atoms with Gasteiger partial charge in [0.2, 0.25) is 0 Å². The minimum atomic E-state index is -0.473. The first-order valence-electron chi connectivity index (χ1n) is 5.77. The zero-order valence-electron chi connectivity index (χ0n) is 10.9. The maximum atomic E-state index is 11.8. The summed E-state index contributed by atoms with van der Waals surface area (Å²) in [6.07, 6.45) is 0.116. The highest BCUT2D eigenvalue weighted by Gasteiger charge is 2.12. The summed E-state index contributed by atoms with van der Waals surface area (Å²) < 4.78 is 15.4. The molecular formula is C13H19NO4. The summed E-state index contributed by atoms with van der Waals surface area (Å²) in [5.41, 5.74) is 6.38. The Hall–Kier alpha value is -1.75. The van der Waals surface area contributed by atoms with E-state index in [0.29, 0.717) is 23.6 Å². The number of hydrogen-bond donors (Lipinski definition) is 1. The maximum absolute atomic E-state index is 11.8. The third kappa shape index (κ3) is 4.25. The molecule has 0 aromatic heterocycles. The number of methoxy groups -OCH3 is 1. The normalized spacial score (nSPS) is 10.4. The van der Waals surface area contributed by atoms with Crippen molar-refractivity contribution in [3.63, 3.8) is 0 Å². The summed E-state index contributed by atoms with van der Waals surface area (Å²) in [5.74, 6) is 0.0911. The molecule has 0 unspecified atom stereocenters. The molecule has 5 nitrogen and oxygen atoms in total. The molecule has 18 heavy (non-hydrogen) atoms. The van der Waals surface area contributed by atoms with Crippen molar-refractivity contribution >= 4 is 11.7 Å². The molecule has 5 heteroatoms. The number of benzene rings is 1. The molecule has 1 aromatic rings. The van der Waals surface area contributed by atoms with Crippen LogP contribution in [0.5, 0.6) is 5.75 Å². The van der Waals surface area contributed by atoms with Gasteiger partial charge in [0.25, 0.3) is 0 Å². The Bertz CT molecular complexity index is 404. The van der Waals surface area contributed by atoms with Crippen LogP contribution in [0.25, 0.3) is 0 Å². The molecule has 0 fully saturated rings. The molecule has 100 valence electrons. The van der Waals surface area contributed by atoms with Crippen LogP contribution in [-0.2, 0) is 9.47 Å². The van der Waals surface area contributed by atoms with Crippen molar-refractivity contribution in [1.82, 2.24) is 0 Å². The van der Waals surface area contributed by atoms with Gasteiger partial charge in [0.05, 0.1) is 25.4 Å². The molecule has 0 aliphatic rings. The van der Waals surface area contributed by atoms with Crippen LogP contribution in [0.1, 0.15) is 24.2 Å². The number of rotatable bonds is 6. The molecule has 0 spiro atoms. The first-order chi connectivity index (χ1) is 8.54. The van der Waals surface area contributed by atoms with Crippen molar-refractivity contribution < 1.29 is 19.0 Å². The van der Waals surface area contributed by atoms with Crippen LogP contribution in [-0.4, -0.2) is 32.4 Å². The van der Waals surface area contributed by atoms with Crippen molar-refractivity contribution in [2.75, 3.05) is 26.1 Å². The number of hydrogen-bond acceptors (Lipinski definition) is 5. The summed E-state index contributed by atoms with van der Waals surface area (Å²) in [5, 5.41) is 0. The van der Waals surface area contributed by atoms with Crippen LogP contribution in [0.15, 0.2) is 18.2 Å². The van der Waals surface area contributed by atoms with E-state index < -0.39 is 5.97 Å². The van der Waals surface area contributed by atoms with E-state index in [1.54, 1.807) is 18.2 Å². The SMILES string of the molecule is COc1ccc(N)c(C(=O)OCCOC(C)C)c1. The van der Waals surface area contributed by atoms with Crippen molar-refractivity contribution in [1.29, 1.82) is 0 Å². The van der Waals surface area contributed by atoms with Gasteiger partial charge < -0.3 is 19.9 Å². The second kappa shape index (κ2) is 6.86. The molecule has 0 heterocycles. The van der Waals surface area contributed by atoms with Gasteiger partial charge in [0.1, 0.15) is 12.4 Å². The van der Waals surface area contributed by atoms with Crippen LogP contribution in [0.3, 0.4) is 0 Å². The van der Waals surface area contributed by atoms with Gasteiger partial charge >= 0.3 is 5.97 Å².